The maximum absolute atomic E-state index is 11.2. The third kappa shape index (κ3) is 2.73. The second-order valence-electron chi connectivity index (χ2n) is 4.22. The van der Waals surface area contributed by atoms with Gasteiger partial charge in [0.15, 0.2) is 0 Å². The number of aromatic nitrogens is 1. The minimum absolute atomic E-state index is 0.226. The summed E-state index contributed by atoms with van der Waals surface area (Å²) in [5.41, 5.74) is 8.11. The maximum atomic E-state index is 11.2. The molecule has 0 unspecified atom stereocenters. The average Bonchev–Trinajstić information content (AvgIpc) is 2.74. The van der Waals surface area contributed by atoms with Gasteiger partial charge in [0.25, 0.3) is 0 Å². The normalized spacial score (nSPS) is 12.6. The Kier molecular flexibility index (Phi) is 4.04. The van der Waals surface area contributed by atoms with Crippen LogP contribution in [0.4, 0.5) is 0 Å². The van der Waals surface area contributed by atoms with Gasteiger partial charge in [-0.15, -0.1) is 0 Å². The summed E-state index contributed by atoms with van der Waals surface area (Å²) in [6.07, 6.45) is 2.81. The lowest BCUT2D eigenvalue weighted by atomic mass is 10.0. The van der Waals surface area contributed by atoms with Gasteiger partial charge in [0.05, 0.1) is 19.0 Å². The number of carbonyl (C=O) groups excluding carboxylic acids is 1. The summed E-state index contributed by atoms with van der Waals surface area (Å²) < 4.78 is 5.63. The molecular weight excluding hydrogens is 296 g/mol. The highest BCUT2D eigenvalue weighted by Crippen LogP contribution is 2.26. The quantitative estimate of drug-likeness (QED) is 0.852. The van der Waals surface area contributed by atoms with Crippen molar-refractivity contribution < 1.29 is 9.53 Å². The Morgan fingerprint density at radius 3 is 3.06 bits per heavy atom. The lowest BCUT2D eigenvalue weighted by Gasteiger charge is -2.09. The number of H-pyrrole nitrogens is 1. The number of fused-ring (bicyclic) bond motifs is 1. The summed E-state index contributed by atoms with van der Waals surface area (Å²) in [6, 6.07) is 5.78. The Morgan fingerprint density at radius 1 is 1.56 bits per heavy atom. The van der Waals surface area contributed by atoms with Gasteiger partial charge in [-0.3, -0.25) is 4.79 Å². The van der Waals surface area contributed by atoms with E-state index in [0.29, 0.717) is 6.42 Å². The summed E-state index contributed by atoms with van der Waals surface area (Å²) in [4.78, 5) is 14.4. The van der Waals surface area contributed by atoms with Crippen molar-refractivity contribution in [2.75, 3.05) is 7.11 Å². The number of hydrogen-bond acceptors (Lipinski definition) is 3. The van der Waals surface area contributed by atoms with Crippen LogP contribution in [0.25, 0.3) is 10.9 Å². The van der Waals surface area contributed by atoms with Gasteiger partial charge >= 0.3 is 5.97 Å². The smallest absolute Gasteiger partial charge is 0.307 e. The van der Waals surface area contributed by atoms with Crippen molar-refractivity contribution in [2.24, 2.45) is 5.73 Å². The molecule has 2 aromatic rings. The third-order valence-corrected chi connectivity index (χ3v) is 3.55. The van der Waals surface area contributed by atoms with E-state index in [2.05, 4.69) is 25.7 Å². The van der Waals surface area contributed by atoms with E-state index >= 15 is 0 Å². The predicted octanol–water partition coefficient (Wildman–Crippen LogP) is 2.36. The number of para-hydroxylation sites is 1. The molecule has 0 aliphatic heterocycles. The molecule has 5 heteroatoms. The number of halogens is 1. The van der Waals surface area contributed by atoms with E-state index in [-0.39, 0.29) is 18.4 Å². The zero-order valence-electron chi connectivity index (χ0n) is 10.1. The minimum Gasteiger partial charge on any atom is -0.469 e. The maximum Gasteiger partial charge on any atom is 0.307 e. The van der Waals surface area contributed by atoms with E-state index in [1.807, 2.05) is 24.4 Å². The fourth-order valence-electron chi connectivity index (χ4n) is 2.00. The Labute approximate surface area is 114 Å². The average molecular weight is 311 g/mol. The van der Waals surface area contributed by atoms with Gasteiger partial charge in [0, 0.05) is 22.1 Å². The number of nitrogens with two attached hydrogens (primary N) is 1. The number of nitrogens with one attached hydrogen (secondary N) is 1. The molecule has 0 fully saturated rings. The third-order valence-electron chi connectivity index (χ3n) is 2.89. The highest BCUT2D eigenvalue weighted by atomic mass is 79.9. The van der Waals surface area contributed by atoms with Gasteiger partial charge in [0.1, 0.15) is 0 Å². The molecular formula is C13H15BrN2O2. The standard InChI is InChI=1S/C13H15BrN2O2/c1-18-12(17)6-9(15)5-8-7-16-13-10(8)3-2-4-11(13)14/h2-4,7,9,16H,5-6,15H2,1H3/t9-/m0/s1. The van der Waals surface area contributed by atoms with Crippen LogP contribution in [-0.2, 0) is 16.0 Å². The molecule has 2 rings (SSSR count). The molecule has 0 spiro atoms. The summed E-state index contributed by atoms with van der Waals surface area (Å²) in [5.74, 6) is -0.275. The van der Waals surface area contributed by atoms with Crippen molar-refractivity contribution in [1.29, 1.82) is 0 Å². The van der Waals surface area contributed by atoms with Crippen molar-refractivity contribution in [2.45, 2.75) is 18.9 Å². The van der Waals surface area contributed by atoms with Crippen LogP contribution in [-0.4, -0.2) is 24.1 Å². The van der Waals surface area contributed by atoms with Crippen LogP contribution in [0.2, 0.25) is 0 Å². The number of rotatable bonds is 4. The van der Waals surface area contributed by atoms with E-state index in [1.54, 1.807) is 0 Å². The Morgan fingerprint density at radius 2 is 2.33 bits per heavy atom. The molecule has 4 nitrogen and oxygen atoms in total. The molecule has 96 valence electrons. The lowest BCUT2D eigenvalue weighted by Crippen LogP contribution is -2.26. The van der Waals surface area contributed by atoms with Crippen LogP contribution in [0.3, 0.4) is 0 Å². The van der Waals surface area contributed by atoms with Crippen LogP contribution in [0.5, 0.6) is 0 Å². The molecule has 0 bridgehead atoms. The number of hydrogen-bond donors (Lipinski definition) is 2. The molecule has 0 aliphatic carbocycles. The molecule has 1 atom stereocenters. The second kappa shape index (κ2) is 5.54. The van der Waals surface area contributed by atoms with Gasteiger partial charge < -0.3 is 15.5 Å². The van der Waals surface area contributed by atoms with Gasteiger partial charge in [-0.1, -0.05) is 12.1 Å². The van der Waals surface area contributed by atoms with E-state index in [1.165, 1.54) is 7.11 Å². The molecule has 1 aromatic heterocycles. The van der Waals surface area contributed by atoms with Crippen LogP contribution in [0, 0.1) is 0 Å². The molecule has 0 saturated heterocycles. The zero-order valence-corrected chi connectivity index (χ0v) is 11.7. The summed E-state index contributed by atoms with van der Waals surface area (Å²) in [7, 11) is 1.37. The largest absolute Gasteiger partial charge is 0.469 e. The van der Waals surface area contributed by atoms with E-state index in [4.69, 9.17) is 5.73 Å². The molecule has 0 amide bonds. The molecule has 3 N–H and O–H groups in total. The molecule has 18 heavy (non-hydrogen) atoms. The van der Waals surface area contributed by atoms with Crippen LogP contribution in [0.1, 0.15) is 12.0 Å². The first kappa shape index (κ1) is 13.1. The lowest BCUT2D eigenvalue weighted by molar-refractivity contribution is -0.140. The van der Waals surface area contributed by atoms with Gasteiger partial charge in [0.2, 0.25) is 0 Å². The number of ether oxygens (including phenoxy) is 1. The highest BCUT2D eigenvalue weighted by molar-refractivity contribution is 9.10. The van der Waals surface area contributed by atoms with Crippen molar-refractivity contribution in [1.82, 2.24) is 4.98 Å². The molecule has 0 saturated carbocycles. The fraction of sp³-hybridized carbons (Fsp3) is 0.308. The number of carbonyl (C=O) groups is 1. The molecule has 0 aliphatic rings. The highest BCUT2D eigenvalue weighted by Gasteiger charge is 2.13. The number of aromatic amines is 1. The van der Waals surface area contributed by atoms with Crippen molar-refractivity contribution >= 4 is 32.8 Å². The van der Waals surface area contributed by atoms with Crippen molar-refractivity contribution in [3.63, 3.8) is 0 Å². The van der Waals surface area contributed by atoms with Crippen LogP contribution in [0.15, 0.2) is 28.9 Å². The fourth-order valence-corrected chi connectivity index (χ4v) is 2.48. The zero-order chi connectivity index (χ0) is 13.1. The topological polar surface area (TPSA) is 68.1 Å². The van der Waals surface area contributed by atoms with Gasteiger partial charge in [-0.05, 0) is 34.0 Å². The predicted molar refractivity (Wildman–Crippen MR) is 74.3 cm³/mol. The Balaban J connectivity index is 2.17. The first-order chi connectivity index (χ1) is 8.61. The molecule has 1 aromatic carbocycles. The number of methoxy groups -OCH3 is 1. The van der Waals surface area contributed by atoms with E-state index in [0.717, 1.165) is 20.9 Å². The van der Waals surface area contributed by atoms with Crippen molar-refractivity contribution in [3.05, 3.63) is 34.4 Å². The summed E-state index contributed by atoms with van der Waals surface area (Å²) in [6.45, 7) is 0. The first-order valence-electron chi connectivity index (χ1n) is 5.68. The van der Waals surface area contributed by atoms with Crippen molar-refractivity contribution in [3.8, 4) is 0 Å². The molecule has 0 radical (unpaired) electrons. The van der Waals surface area contributed by atoms with Gasteiger partial charge in [-0.2, -0.15) is 0 Å². The Bertz CT molecular complexity index is 565. The van der Waals surface area contributed by atoms with Crippen LogP contribution < -0.4 is 5.73 Å². The summed E-state index contributed by atoms with van der Waals surface area (Å²) in [5, 5.41) is 1.13. The monoisotopic (exact) mass is 310 g/mol. The number of benzene rings is 1. The van der Waals surface area contributed by atoms with Crippen LogP contribution >= 0.6 is 15.9 Å². The molecule has 1 heterocycles. The SMILES string of the molecule is COC(=O)C[C@@H](N)Cc1c[nH]c2c(Br)cccc12. The van der Waals surface area contributed by atoms with E-state index < -0.39 is 0 Å². The number of esters is 1. The summed E-state index contributed by atoms with van der Waals surface area (Å²) >= 11 is 3.49. The minimum atomic E-state index is -0.275. The van der Waals surface area contributed by atoms with Gasteiger partial charge in [-0.25, -0.2) is 0 Å². The Hall–Kier alpha value is -1.33. The second-order valence-corrected chi connectivity index (χ2v) is 5.08. The first-order valence-corrected chi connectivity index (χ1v) is 6.48. The van der Waals surface area contributed by atoms with E-state index in [9.17, 15) is 4.79 Å².